The van der Waals surface area contributed by atoms with Crippen molar-refractivity contribution >= 4 is 11.9 Å². The van der Waals surface area contributed by atoms with Gasteiger partial charge < -0.3 is 19.7 Å². The first kappa shape index (κ1) is 19.8. The minimum atomic E-state index is 0.0342. The van der Waals surface area contributed by atoms with Gasteiger partial charge in [-0.3, -0.25) is 4.79 Å². The highest BCUT2D eigenvalue weighted by Crippen LogP contribution is 2.22. The van der Waals surface area contributed by atoms with Crippen molar-refractivity contribution in [2.75, 3.05) is 26.2 Å². The first-order chi connectivity index (χ1) is 12.9. The summed E-state index contributed by atoms with van der Waals surface area (Å²) in [6.07, 6.45) is 5.89. The molecular weight excluding hydrogens is 340 g/mol. The SMILES string of the molecule is Cc1cc(C(=O)N2CCN(C(=O)NC3CCCCC3)CC2)c(C)n1C(C)C. The molecule has 6 heteroatoms. The second-order valence-corrected chi connectivity index (χ2v) is 8.31. The largest absolute Gasteiger partial charge is 0.346 e. The van der Waals surface area contributed by atoms with Crippen LogP contribution in [0.4, 0.5) is 4.79 Å². The van der Waals surface area contributed by atoms with E-state index in [1.807, 2.05) is 22.8 Å². The Morgan fingerprint density at radius 3 is 2.15 bits per heavy atom. The number of carbonyl (C=O) groups is 2. The maximum absolute atomic E-state index is 13.0. The zero-order valence-electron chi connectivity index (χ0n) is 17.3. The Labute approximate surface area is 162 Å². The predicted molar refractivity (Wildman–Crippen MR) is 107 cm³/mol. The molecule has 1 aromatic heterocycles. The topological polar surface area (TPSA) is 57.6 Å². The average Bonchev–Trinajstić information content (AvgIpc) is 2.96. The number of nitrogens with one attached hydrogen (secondary N) is 1. The van der Waals surface area contributed by atoms with E-state index in [2.05, 4.69) is 30.7 Å². The van der Waals surface area contributed by atoms with E-state index in [1.165, 1.54) is 19.3 Å². The Kier molecular flexibility index (Phi) is 6.12. The molecule has 0 radical (unpaired) electrons. The van der Waals surface area contributed by atoms with Crippen LogP contribution in [-0.4, -0.2) is 58.5 Å². The number of amides is 3. The molecule has 2 heterocycles. The predicted octanol–water partition coefficient (Wildman–Crippen LogP) is 3.49. The number of urea groups is 1. The van der Waals surface area contributed by atoms with Crippen LogP contribution in [0, 0.1) is 13.8 Å². The number of rotatable bonds is 3. The number of hydrogen-bond donors (Lipinski definition) is 1. The minimum absolute atomic E-state index is 0.0342. The van der Waals surface area contributed by atoms with Crippen molar-refractivity contribution in [3.63, 3.8) is 0 Å². The van der Waals surface area contributed by atoms with E-state index in [1.54, 1.807) is 0 Å². The van der Waals surface area contributed by atoms with Crippen LogP contribution >= 0.6 is 0 Å². The van der Waals surface area contributed by atoms with Gasteiger partial charge in [0.05, 0.1) is 5.56 Å². The van der Waals surface area contributed by atoms with Crippen molar-refractivity contribution in [3.05, 3.63) is 23.0 Å². The summed E-state index contributed by atoms with van der Waals surface area (Å²) in [6, 6.07) is 2.70. The number of nitrogens with zero attached hydrogens (tertiary/aromatic N) is 3. The lowest BCUT2D eigenvalue weighted by atomic mass is 9.96. The molecule has 0 spiro atoms. The lowest BCUT2D eigenvalue weighted by Gasteiger charge is -2.36. The van der Waals surface area contributed by atoms with Crippen molar-refractivity contribution in [1.29, 1.82) is 0 Å². The van der Waals surface area contributed by atoms with Gasteiger partial charge in [-0.1, -0.05) is 19.3 Å². The summed E-state index contributed by atoms with van der Waals surface area (Å²) >= 11 is 0. The molecule has 1 aromatic rings. The van der Waals surface area contributed by atoms with Crippen LogP contribution in [0.15, 0.2) is 6.07 Å². The van der Waals surface area contributed by atoms with Crippen LogP contribution in [0.2, 0.25) is 0 Å². The summed E-state index contributed by atoms with van der Waals surface area (Å²) in [4.78, 5) is 29.2. The molecule has 2 fully saturated rings. The number of piperazine rings is 1. The molecule has 1 saturated carbocycles. The van der Waals surface area contributed by atoms with Crippen molar-refractivity contribution in [2.45, 2.75) is 71.9 Å². The molecule has 3 rings (SSSR count). The number of carbonyl (C=O) groups excluding carboxylic acids is 2. The third-order valence-corrected chi connectivity index (χ3v) is 6.02. The highest BCUT2D eigenvalue weighted by Gasteiger charge is 2.28. The second kappa shape index (κ2) is 8.36. The van der Waals surface area contributed by atoms with E-state index in [9.17, 15) is 9.59 Å². The monoisotopic (exact) mass is 374 g/mol. The van der Waals surface area contributed by atoms with Gasteiger partial charge in [0.25, 0.3) is 5.91 Å². The Morgan fingerprint density at radius 1 is 1.00 bits per heavy atom. The number of aryl methyl sites for hydroxylation is 1. The third kappa shape index (κ3) is 4.30. The summed E-state index contributed by atoms with van der Waals surface area (Å²) in [6.45, 7) is 10.8. The molecule has 27 heavy (non-hydrogen) atoms. The zero-order chi connectivity index (χ0) is 19.6. The Morgan fingerprint density at radius 2 is 1.59 bits per heavy atom. The van der Waals surface area contributed by atoms with Gasteiger partial charge in [-0.25, -0.2) is 4.79 Å². The van der Waals surface area contributed by atoms with Crippen molar-refractivity contribution in [1.82, 2.24) is 19.7 Å². The summed E-state index contributed by atoms with van der Waals surface area (Å²) < 4.78 is 2.21. The molecule has 1 aliphatic carbocycles. The van der Waals surface area contributed by atoms with E-state index in [0.717, 1.165) is 29.8 Å². The lowest BCUT2D eigenvalue weighted by Crippen LogP contribution is -2.54. The van der Waals surface area contributed by atoms with Gasteiger partial charge in [-0.2, -0.15) is 0 Å². The molecule has 0 atom stereocenters. The third-order valence-electron chi connectivity index (χ3n) is 6.02. The molecule has 1 N–H and O–H groups in total. The average molecular weight is 375 g/mol. The smallest absolute Gasteiger partial charge is 0.317 e. The van der Waals surface area contributed by atoms with E-state index in [-0.39, 0.29) is 11.9 Å². The van der Waals surface area contributed by atoms with E-state index < -0.39 is 0 Å². The highest BCUT2D eigenvalue weighted by molar-refractivity contribution is 5.96. The molecule has 150 valence electrons. The number of aromatic nitrogens is 1. The van der Waals surface area contributed by atoms with Crippen molar-refractivity contribution in [3.8, 4) is 0 Å². The Bertz CT molecular complexity index is 681. The van der Waals surface area contributed by atoms with Crippen LogP contribution in [0.5, 0.6) is 0 Å². The number of hydrogen-bond acceptors (Lipinski definition) is 2. The Balaban J connectivity index is 1.56. The molecule has 0 bridgehead atoms. The molecule has 1 aliphatic heterocycles. The lowest BCUT2D eigenvalue weighted by molar-refractivity contribution is 0.0661. The minimum Gasteiger partial charge on any atom is -0.346 e. The van der Waals surface area contributed by atoms with Crippen molar-refractivity contribution < 1.29 is 9.59 Å². The van der Waals surface area contributed by atoms with E-state index in [4.69, 9.17) is 0 Å². The van der Waals surface area contributed by atoms with Crippen LogP contribution in [0.25, 0.3) is 0 Å². The van der Waals surface area contributed by atoms with Gasteiger partial charge >= 0.3 is 6.03 Å². The molecule has 2 aliphatic rings. The normalized spacial score (nSPS) is 18.9. The summed E-state index contributed by atoms with van der Waals surface area (Å²) in [5.74, 6) is 0.0855. The molecule has 3 amide bonds. The second-order valence-electron chi connectivity index (χ2n) is 8.31. The molecule has 6 nitrogen and oxygen atoms in total. The maximum atomic E-state index is 13.0. The van der Waals surface area contributed by atoms with Crippen molar-refractivity contribution in [2.24, 2.45) is 0 Å². The molecule has 0 aromatic carbocycles. The quantitative estimate of drug-likeness (QED) is 0.880. The highest BCUT2D eigenvalue weighted by atomic mass is 16.2. The Hall–Kier alpha value is -1.98. The summed E-state index contributed by atoms with van der Waals surface area (Å²) in [5, 5.41) is 3.18. The molecule has 1 saturated heterocycles. The van der Waals surface area contributed by atoms with Gasteiger partial charge in [0.15, 0.2) is 0 Å². The maximum Gasteiger partial charge on any atom is 0.317 e. The van der Waals surface area contributed by atoms with Gasteiger partial charge in [0.1, 0.15) is 0 Å². The van der Waals surface area contributed by atoms with Gasteiger partial charge in [0, 0.05) is 49.7 Å². The summed E-state index contributed by atoms with van der Waals surface area (Å²) in [7, 11) is 0. The van der Waals surface area contributed by atoms with Crippen LogP contribution < -0.4 is 5.32 Å². The fraction of sp³-hybridized carbons (Fsp3) is 0.714. The van der Waals surface area contributed by atoms with Gasteiger partial charge in [0.2, 0.25) is 0 Å². The fourth-order valence-electron chi connectivity index (χ4n) is 4.58. The first-order valence-electron chi connectivity index (χ1n) is 10.4. The standard InChI is InChI=1S/C21H34N4O2/c1-15(2)25-16(3)14-19(17(25)4)20(26)23-10-12-24(13-11-23)21(27)22-18-8-6-5-7-9-18/h14-15,18H,5-13H2,1-4H3,(H,22,27). The van der Waals surface area contributed by atoms with Gasteiger partial charge in [-0.05, 0) is 46.6 Å². The van der Waals surface area contributed by atoms with Crippen LogP contribution in [0.3, 0.4) is 0 Å². The molecular formula is C21H34N4O2. The molecule has 0 unspecified atom stereocenters. The van der Waals surface area contributed by atoms with Crippen LogP contribution in [0.1, 0.15) is 73.7 Å². The van der Waals surface area contributed by atoms with Crippen LogP contribution in [-0.2, 0) is 0 Å². The van der Waals surface area contributed by atoms with E-state index in [0.29, 0.717) is 38.3 Å². The van der Waals surface area contributed by atoms with E-state index >= 15 is 0 Å². The summed E-state index contributed by atoms with van der Waals surface area (Å²) in [5.41, 5.74) is 2.95. The zero-order valence-corrected chi connectivity index (χ0v) is 17.3. The fourth-order valence-corrected chi connectivity index (χ4v) is 4.58. The first-order valence-corrected chi connectivity index (χ1v) is 10.4. The van der Waals surface area contributed by atoms with Gasteiger partial charge in [-0.15, -0.1) is 0 Å².